The largest absolute Gasteiger partial charge is 0.337 e. The molecule has 2 aromatic rings. The van der Waals surface area contributed by atoms with Gasteiger partial charge in [-0.05, 0) is 43.9 Å². The third-order valence-corrected chi connectivity index (χ3v) is 4.11. The molecule has 0 aliphatic carbocycles. The molecule has 0 saturated carbocycles. The van der Waals surface area contributed by atoms with Gasteiger partial charge in [0.2, 0.25) is 5.95 Å². The van der Waals surface area contributed by atoms with Gasteiger partial charge in [-0.25, -0.2) is 9.97 Å². The van der Waals surface area contributed by atoms with Crippen LogP contribution in [0.4, 0.5) is 11.6 Å². The Balaban J connectivity index is 1.87. The van der Waals surface area contributed by atoms with E-state index < -0.39 is 0 Å². The van der Waals surface area contributed by atoms with E-state index in [1.165, 1.54) is 5.56 Å². The fourth-order valence-corrected chi connectivity index (χ4v) is 2.89. The summed E-state index contributed by atoms with van der Waals surface area (Å²) in [6, 6.07) is 9.84. The minimum absolute atomic E-state index is 0.000160. The molecule has 0 bridgehead atoms. The van der Waals surface area contributed by atoms with E-state index in [1.807, 2.05) is 30.0 Å². The van der Waals surface area contributed by atoms with Gasteiger partial charge >= 0.3 is 0 Å². The Morgan fingerprint density at radius 2 is 1.96 bits per heavy atom. The van der Waals surface area contributed by atoms with Crippen LogP contribution in [0.1, 0.15) is 41.5 Å². The first-order valence-corrected chi connectivity index (χ1v) is 8.17. The van der Waals surface area contributed by atoms with Gasteiger partial charge in [0.15, 0.2) is 0 Å². The predicted molar refractivity (Wildman–Crippen MR) is 91.0 cm³/mol. The van der Waals surface area contributed by atoms with E-state index in [0.29, 0.717) is 11.6 Å². The molecule has 0 radical (unpaired) electrons. The third-order valence-electron chi connectivity index (χ3n) is 4.11. The summed E-state index contributed by atoms with van der Waals surface area (Å²) in [4.78, 5) is 23.3. The highest BCUT2D eigenvalue weighted by Crippen LogP contribution is 2.20. The second-order valence-electron chi connectivity index (χ2n) is 5.85. The van der Waals surface area contributed by atoms with E-state index in [1.54, 1.807) is 6.07 Å². The smallest absolute Gasteiger partial charge is 0.272 e. The number of carbonyl (C=O) groups is 1. The molecule has 0 atom stereocenters. The highest BCUT2D eigenvalue weighted by molar-refractivity contribution is 5.93. The lowest BCUT2D eigenvalue weighted by molar-refractivity contribution is 0.0787. The predicted octanol–water partition coefficient (Wildman–Crippen LogP) is 3.33. The summed E-state index contributed by atoms with van der Waals surface area (Å²) in [5, 5.41) is 3.26. The van der Waals surface area contributed by atoms with Crippen LogP contribution in [0.15, 0.2) is 30.3 Å². The van der Waals surface area contributed by atoms with Crippen molar-refractivity contribution in [2.75, 3.05) is 18.4 Å². The van der Waals surface area contributed by atoms with Crippen molar-refractivity contribution in [3.05, 3.63) is 47.3 Å². The molecule has 5 heteroatoms. The second-order valence-corrected chi connectivity index (χ2v) is 5.85. The van der Waals surface area contributed by atoms with Gasteiger partial charge in [0.1, 0.15) is 5.69 Å². The summed E-state index contributed by atoms with van der Waals surface area (Å²) in [6.45, 7) is 5.64. The van der Waals surface area contributed by atoms with Crippen molar-refractivity contribution in [1.82, 2.24) is 14.9 Å². The normalized spacial score (nSPS) is 14.1. The quantitative estimate of drug-likeness (QED) is 0.941. The number of nitrogens with zero attached hydrogens (tertiary/aromatic N) is 3. The summed E-state index contributed by atoms with van der Waals surface area (Å²) in [6.07, 6.45) is 3.07. The average molecular weight is 310 g/mol. The van der Waals surface area contributed by atoms with Gasteiger partial charge in [-0.2, -0.15) is 0 Å². The Morgan fingerprint density at radius 3 is 2.70 bits per heavy atom. The molecule has 23 heavy (non-hydrogen) atoms. The number of anilines is 2. The summed E-state index contributed by atoms with van der Waals surface area (Å²) in [7, 11) is 0. The zero-order chi connectivity index (χ0) is 16.2. The van der Waals surface area contributed by atoms with Gasteiger partial charge in [0, 0.05) is 24.5 Å². The van der Waals surface area contributed by atoms with Crippen LogP contribution in [-0.4, -0.2) is 33.9 Å². The summed E-state index contributed by atoms with van der Waals surface area (Å²) in [5.74, 6) is 0.480. The maximum atomic E-state index is 12.5. The number of rotatable bonds is 4. The maximum absolute atomic E-state index is 12.5. The molecule has 1 saturated heterocycles. The number of aryl methyl sites for hydroxylation is 2. The first-order valence-electron chi connectivity index (χ1n) is 8.17. The van der Waals surface area contributed by atoms with Crippen molar-refractivity contribution in [2.45, 2.75) is 33.1 Å². The molecular formula is C18H22N4O. The number of nitrogens with one attached hydrogen (secondary N) is 1. The molecule has 1 aliphatic heterocycles. The van der Waals surface area contributed by atoms with Gasteiger partial charge in [0.05, 0.1) is 0 Å². The summed E-state index contributed by atoms with van der Waals surface area (Å²) >= 11 is 0. The maximum Gasteiger partial charge on any atom is 0.272 e. The van der Waals surface area contributed by atoms with Crippen LogP contribution in [0.25, 0.3) is 0 Å². The van der Waals surface area contributed by atoms with E-state index in [0.717, 1.165) is 43.7 Å². The van der Waals surface area contributed by atoms with Gasteiger partial charge in [0.25, 0.3) is 5.91 Å². The number of likely N-dealkylation sites (tertiary alicyclic amines) is 1. The lowest BCUT2D eigenvalue weighted by atomic mass is 10.1. The zero-order valence-electron chi connectivity index (χ0n) is 13.7. The minimum Gasteiger partial charge on any atom is -0.337 e. The Labute approximate surface area is 136 Å². The molecule has 1 amide bonds. The van der Waals surface area contributed by atoms with E-state index in [9.17, 15) is 4.79 Å². The minimum atomic E-state index is -0.000160. The average Bonchev–Trinajstić information content (AvgIpc) is 3.08. The molecular weight excluding hydrogens is 288 g/mol. The number of benzene rings is 1. The molecule has 3 rings (SSSR count). The lowest BCUT2D eigenvalue weighted by Crippen LogP contribution is -2.28. The van der Waals surface area contributed by atoms with E-state index in [4.69, 9.17) is 0 Å². The number of aromatic nitrogens is 2. The van der Waals surface area contributed by atoms with Crippen LogP contribution in [0, 0.1) is 6.92 Å². The van der Waals surface area contributed by atoms with Crippen LogP contribution >= 0.6 is 0 Å². The van der Waals surface area contributed by atoms with Crippen LogP contribution in [0.3, 0.4) is 0 Å². The molecule has 0 unspecified atom stereocenters. The first kappa shape index (κ1) is 15.5. The third kappa shape index (κ3) is 3.50. The number of para-hydroxylation sites is 1. The van der Waals surface area contributed by atoms with E-state index in [-0.39, 0.29) is 5.91 Å². The Kier molecular flexibility index (Phi) is 4.55. The Bertz CT molecular complexity index is 708. The van der Waals surface area contributed by atoms with Gasteiger partial charge in [-0.3, -0.25) is 4.79 Å². The number of amides is 1. The number of hydrogen-bond donors (Lipinski definition) is 1. The lowest BCUT2D eigenvalue weighted by Gasteiger charge is -2.16. The Hall–Kier alpha value is -2.43. The summed E-state index contributed by atoms with van der Waals surface area (Å²) in [5.41, 5.74) is 3.44. The van der Waals surface area contributed by atoms with Gasteiger partial charge < -0.3 is 10.2 Å². The van der Waals surface area contributed by atoms with E-state index in [2.05, 4.69) is 28.3 Å². The van der Waals surface area contributed by atoms with Crippen LogP contribution in [0.2, 0.25) is 0 Å². The van der Waals surface area contributed by atoms with Crippen LogP contribution in [0.5, 0.6) is 0 Å². The zero-order valence-corrected chi connectivity index (χ0v) is 13.7. The van der Waals surface area contributed by atoms with Crippen LogP contribution in [-0.2, 0) is 6.42 Å². The number of carbonyl (C=O) groups excluding carboxylic acids is 1. The standard InChI is InChI=1S/C18H22N4O/c1-3-14-8-4-5-9-15(14)20-18-19-13(2)12-16(21-18)17(23)22-10-6-7-11-22/h4-5,8-9,12H,3,6-7,10-11H2,1-2H3,(H,19,20,21). The van der Waals surface area contributed by atoms with Gasteiger partial charge in [-0.15, -0.1) is 0 Å². The SMILES string of the molecule is CCc1ccccc1Nc1nc(C)cc(C(=O)N2CCCC2)n1. The topological polar surface area (TPSA) is 58.1 Å². The molecule has 2 heterocycles. The van der Waals surface area contributed by atoms with Crippen molar-refractivity contribution in [1.29, 1.82) is 0 Å². The highest BCUT2D eigenvalue weighted by atomic mass is 16.2. The highest BCUT2D eigenvalue weighted by Gasteiger charge is 2.21. The van der Waals surface area contributed by atoms with Crippen LogP contribution < -0.4 is 5.32 Å². The summed E-state index contributed by atoms with van der Waals surface area (Å²) < 4.78 is 0. The van der Waals surface area contributed by atoms with Crippen molar-refractivity contribution >= 4 is 17.5 Å². The molecule has 0 spiro atoms. The Morgan fingerprint density at radius 1 is 1.22 bits per heavy atom. The van der Waals surface area contributed by atoms with Crippen molar-refractivity contribution < 1.29 is 4.79 Å². The molecule has 1 aromatic carbocycles. The monoisotopic (exact) mass is 310 g/mol. The van der Waals surface area contributed by atoms with Gasteiger partial charge in [-0.1, -0.05) is 25.1 Å². The first-order chi connectivity index (χ1) is 11.2. The van der Waals surface area contributed by atoms with Crippen molar-refractivity contribution in [3.8, 4) is 0 Å². The fraction of sp³-hybridized carbons (Fsp3) is 0.389. The van der Waals surface area contributed by atoms with E-state index >= 15 is 0 Å². The van der Waals surface area contributed by atoms with Crippen molar-refractivity contribution in [2.24, 2.45) is 0 Å². The molecule has 5 nitrogen and oxygen atoms in total. The van der Waals surface area contributed by atoms with Crippen molar-refractivity contribution in [3.63, 3.8) is 0 Å². The molecule has 1 fully saturated rings. The second kappa shape index (κ2) is 6.77. The molecule has 1 aliphatic rings. The fourth-order valence-electron chi connectivity index (χ4n) is 2.89. The molecule has 1 N–H and O–H groups in total. The molecule has 1 aromatic heterocycles. The number of hydrogen-bond acceptors (Lipinski definition) is 4. The molecule has 120 valence electrons.